The Bertz CT molecular complexity index is 1780. The number of nitrogens with two attached hydrogens (primary N) is 1. The SMILES string of the molecule is CN(C)c1cc(NC(=S)Nc2ccc(C(=O)O)cc2)c(O)c2c1C[C@H]1C[C@H]3[C@H](N(C)C)C(O)=C(C(N)=O)C(=O)[C@@]3(O)C(O)=C1C2=O. The number of fused-ring (bicyclic) bond motifs is 3. The molecule has 242 valence electrons. The van der Waals surface area contributed by atoms with Gasteiger partial charge in [-0.3, -0.25) is 19.3 Å². The summed E-state index contributed by atoms with van der Waals surface area (Å²) in [6.45, 7) is 0. The molecule has 5 rings (SSSR count). The minimum Gasteiger partial charge on any atom is -0.510 e. The van der Waals surface area contributed by atoms with E-state index >= 15 is 0 Å². The summed E-state index contributed by atoms with van der Waals surface area (Å²) in [7, 11) is 6.60. The number of rotatable bonds is 6. The van der Waals surface area contributed by atoms with Gasteiger partial charge in [0, 0.05) is 37.0 Å². The quantitative estimate of drug-likeness (QED) is 0.126. The average molecular weight is 652 g/mol. The number of Topliss-reactive ketones (excluding diaryl/α,β-unsaturated/α-hetero) is 2. The van der Waals surface area contributed by atoms with Gasteiger partial charge in [0.05, 0.1) is 22.9 Å². The molecule has 0 saturated heterocycles. The maximum absolute atomic E-state index is 14.2. The second-order valence-corrected chi connectivity index (χ2v) is 12.4. The van der Waals surface area contributed by atoms with Crippen molar-refractivity contribution in [2.45, 2.75) is 24.5 Å². The molecule has 0 spiro atoms. The number of thiocarbonyl (C=S) groups is 1. The highest BCUT2D eigenvalue weighted by Crippen LogP contribution is 2.54. The van der Waals surface area contributed by atoms with E-state index in [-0.39, 0.29) is 40.3 Å². The predicted octanol–water partition coefficient (Wildman–Crippen LogP) is 1.69. The summed E-state index contributed by atoms with van der Waals surface area (Å²) in [5, 5.41) is 60.6. The molecule has 0 aromatic heterocycles. The number of primary amides is 1. The Morgan fingerprint density at radius 3 is 2.22 bits per heavy atom. The van der Waals surface area contributed by atoms with Gasteiger partial charge in [-0.15, -0.1) is 0 Å². The van der Waals surface area contributed by atoms with Gasteiger partial charge in [-0.1, -0.05) is 0 Å². The molecule has 0 fully saturated rings. The number of hydrogen-bond donors (Lipinski definition) is 8. The molecule has 0 heterocycles. The Morgan fingerprint density at radius 1 is 1.04 bits per heavy atom. The van der Waals surface area contributed by atoms with Gasteiger partial charge in [-0.2, -0.15) is 0 Å². The zero-order valence-corrected chi connectivity index (χ0v) is 26.1. The lowest BCUT2D eigenvalue weighted by molar-refractivity contribution is -0.148. The largest absolute Gasteiger partial charge is 0.510 e. The molecular weight excluding hydrogens is 618 g/mol. The molecule has 4 atom stereocenters. The minimum absolute atomic E-state index is 0.00848. The molecule has 15 heteroatoms. The number of benzene rings is 2. The third kappa shape index (κ3) is 4.92. The van der Waals surface area contributed by atoms with Gasteiger partial charge < -0.3 is 46.8 Å². The van der Waals surface area contributed by atoms with E-state index in [0.29, 0.717) is 16.9 Å². The van der Waals surface area contributed by atoms with Crippen LogP contribution in [0.4, 0.5) is 17.1 Å². The molecule has 0 saturated carbocycles. The topological polar surface area (TPSA) is 226 Å². The van der Waals surface area contributed by atoms with Crippen LogP contribution in [-0.2, 0) is 16.0 Å². The second-order valence-electron chi connectivity index (χ2n) is 12.0. The number of aliphatic hydroxyl groups is 3. The van der Waals surface area contributed by atoms with Crippen molar-refractivity contribution in [1.82, 2.24) is 4.90 Å². The van der Waals surface area contributed by atoms with Crippen LogP contribution in [-0.4, -0.2) is 98.8 Å². The minimum atomic E-state index is -2.75. The van der Waals surface area contributed by atoms with Crippen molar-refractivity contribution in [2.24, 2.45) is 17.6 Å². The Hall–Kier alpha value is -4.99. The summed E-state index contributed by atoms with van der Waals surface area (Å²) in [4.78, 5) is 54.3. The van der Waals surface area contributed by atoms with E-state index in [1.165, 1.54) is 29.2 Å². The van der Waals surface area contributed by atoms with Crippen LogP contribution >= 0.6 is 12.2 Å². The van der Waals surface area contributed by atoms with E-state index in [9.17, 15) is 39.6 Å². The molecular formula is C31H33N5O9S. The van der Waals surface area contributed by atoms with Crippen molar-refractivity contribution in [3.8, 4) is 5.75 Å². The highest BCUT2D eigenvalue weighted by Gasteiger charge is 2.63. The molecule has 2 aromatic carbocycles. The number of anilines is 3. The number of phenolic OH excluding ortho intramolecular Hbond substituents is 1. The number of amides is 1. The lowest BCUT2D eigenvalue weighted by Gasteiger charge is -2.50. The van der Waals surface area contributed by atoms with Crippen molar-refractivity contribution >= 4 is 57.8 Å². The number of carboxylic acid groups (broad SMARTS) is 1. The van der Waals surface area contributed by atoms with Crippen molar-refractivity contribution in [2.75, 3.05) is 43.7 Å². The van der Waals surface area contributed by atoms with E-state index in [1.54, 1.807) is 39.2 Å². The van der Waals surface area contributed by atoms with E-state index in [0.717, 1.165) is 0 Å². The first kappa shape index (κ1) is 32.4. The number of likely N-dealkylation sites (N-methyl/N-ethyl adjacent to an activating group) is 1. The van der Waals surface area contributed by atoms with E-state index in [2.05, 4.69) is 10.6 Å². The van der Waals surface area contributed by atoms with E-state index in [4.69, 9.17) is 23.1 Å². The third-order valence-corrected chi connectivity index (χ3v) is 9.02. The van der Waals surface area contributed by atoms with E-state index in [1.807, 2.05) is 0 Å². The molecule has 0 bridgehead atoms. The zero-order chi connectivity index (χ0) is 34.0. The standard InChI is InChI=1S/C31H33N5O9S/c1-35(2)18-11-17(34-30(46)33-14-7-5-12(6-8-14)29(43)44)23(37)20-15(18)9-13-10-16-22(36(3)4)25(39)21(28(32)42)27(41)31(16,45)26(40)19(13)24(20)38/h5-8,11,13,16,22,37,39-40,45H,9-10H2,1-4H3,(H2,32,42)(H,43,44)(H2,33,34,46)/t13-,16-,22-,31-/m0/s1. The molecule has 3 aliphatic rings. The first-order valence-corrected chi connectivity index (χ1v) is 14.5. The number of nitrogens with one attached hydrogen (secondary N) is 2. The van der Waals surface area contributed by atoms with Crippen molar-refractivity contribution in [3.63, 3.8) is 0 Å². The van der Waals surface area contributed by atoms with Crippen LogP contribution in [0, 0.1) is 11.8 Å². The van der Waals surface area contributed by atoms with Crippen LogP contribution in [0.5, 0.6) is 5.75 Å². The molecule has 0 radical (unpaired) electrons. The number of ketones is 2. The number of allylic oxidation sites excluding steroid dienone is 1. The fourth-order valence-corrected chi connectivity index (χ4v) is 7.00. The number of carbonyl (C=O) groups is 4. The van der Waals surface area contributed by atoms with Gasteiger partial charge in [0.25, 0.3) is 5.91 Å². The van der Waals surface area contributed by atoms with Crippen LogP contribution in [0.15, 0.2) is 53.0 Å². The van der Waals surface area contributed by atoms with Gasteiger partial charge in [0.15, 0.2) is 22.2 Å². The molecule has 3 aliphatic carbocycles. The maximum Gasteiger partial charge on any atom is 0.335 e. The molecule has 9 N–H and O–H groups in total. The summed E-state index contributed by atoms with van der Waals surface area (Å²) in [6, 6.07) is 6.27. The number of carboxylic acids is 1. The number of aliphatic hydroxyl groups excluding tert-OH is 2. The van der Waals surface area contributed by atoms with Crippen LogP contribution < -0.4 is 21.3 Å². The van der Waals surface area contributed by atoms with Gasteiger partial charge >= 0.3 is 5.97 Å². The molecule has 0 aliphatic heterocycles. The van der Waals surface area contributed by atoms with Crippen LogP contribution in [0.1, 0.15) is 32.7 Å². The maximum atomic E-state index is 14.2. The van der Waals surface area contributed by atoms with Crippen LogP contribution in [0.2, 0.25) is 0 Å². The van der Waals surface area contributed by atoms with Crippen LogP contribution in [0.25, 0.3) is 0 Å². The Morgan fingerprint density at radius 2 is 1.67 bits per heavy atom. The summed E-state index contributed by atoms with van der Waals surface area (Å²) in [5.41, 5.74) is 2.86. The van der Waals surface area contributed by atoms with Gasteiger partial charge in [0.1, 0.15) is 17.1 Å². The number of carbonyl (C=O) groups excluding carboxylic acids is 3. The first-order chi connectivity index (χ1) is 21.5. The van der Waals surface area contributed by atoms with E-state index < -0.39 is 69.8 Å². The highest BCUT2D eigenvalue weighted by molar-refractivity contribution is 7.80. The second kappa shape index (κ2) is 11.4. The monoisotopic (exact) mass is 651 g/mol. The molecule has 0 unspecified atom stereocenters. The number of aromatic hydroxyl groups is 1. The Labute approximate surface area is 268 Å². The summed E-state index contributed by atoms with van der Waals surface area (Å²) in [6.07, 6.45) is 0.0859. The molecule has 1 amide bonds. The van der Waals surface area contributed by atoms with Crippen molar-refractivity contribution < 1.29 is 44.7 Å². The molecule has 14 nitrogen and oxygen atoms in total. The van der Waals surface area contributed by atoms with Gasteiger partial charge in [-0.05, 0) is 81.0 Å². The van der Waals surface area contributed by atoms with Gasteiger partial charge in [0.2, 0.25) is 5.78 Å². The van der Waals surface area contributed by atoms with Crippen molar-refractivity contribution in [1.29, 1.82) is 0 Å². The van der Waals surface area contributed by atoms with Crippen molar-refractivity contribution in [3.05, 3.63) is 69.7 Å². The number of phenols is 1. The zero-order valence-electron chi connectivity index (χ0n) is 25.3. The Balaban J connectivity index is 1.58. The van der Waals surface area contributed by atoms with Crippen LogP contribution in [0.3, 0.4) is 0 Å². The fraction of sp³-hybridized carbons (Fsp3) is 0.323. The lowest BCUT2D eigenvalue weighted by Crippen LogP contribution is -2.63. The smallest absolute Gasteiger partial charge is 0.335 e. The normalized spacial score (nSPS) is 23.8. The molecule has 2 aromatic rings. The fourth-order valence-electron chi connectivity index (χ4n) is 6.77. The Kier molecular flexibility index (Phi) is 8.05. The van der Waals surface area contributed by atoms with Gasteiger partial charge in [-0.25, -0.2) is 4.79 Å². The predicted molar refractivity (Wildman–Crippen MR) is 171 cm³/mol. The average Bonchev–Trinajstić information content (AvgIpc) is 2.96. The summed E-state index contributed by atoms with van der Waals surface area (Å²) < 4.78 is 0. The number of aromatic carboxylic acids is 1. The third-order valence-electron chi connectivity index (χ3n) is 8.82. The first-order valence-electron chi connectivity index (χ1n) is 14.1. The number of hydrogen-bond acceptors (Lipinski definition) is 11. The highest BCUT2D eigenvalue weighted by atomic mass is 32.1. The summed E-state index contributed by atoms with van der Waals surface area (Å²) in [5.74, 6) is -8.50. The number of nitrogens with zero attached hydrogens (tertiary/aromatic N) is 2. The lowest BCUT2D eigenvalue weighted by atomic mass is 9.58. The summed E-state index contributed by atoms with van der Waals surface area (Å²) >= 11 is 5.40. The molecule has 46 heavy (non-hydrogen) atoms.